The van der Waals surface area contributed by atoms with Crippen LogP contribution >= 0.6 is 0 Å². The van der Waals surface area contributed by atoms with Gasteiger partial charge >= 0.3 is 0 Å². The predicted molar refractivity (Wildman–Crippen MR) is 84.5 cm³/mol. The number of benzene rings is 2. The van der Waals surface area contributed by atoms with Gasteiger partial charge in [-0.1, -0.05) is 63.2 Å². The summed E-state index contributed by atoms with van der Waals surface area (Å²) in [5, 5.41) is 10.3. The van der Waals surface area contributed by atoms with Gasteiger partial charge in [0.05, 0.1) is 6.10 Å². The van der Waals surface area contributed by atoms with E-state index in [2.05, 4.69) is 45.0 Å². The molecule has 0 bridgehead atoms. The Bertz CT molecular complexity index is 623. The maximum Gasteiger partial charge on any atom is 0.127 e. The van der Waals surface area contributed by atoms with Gasteiger partial charge in [-0.2, -0.15) is 0 Å². The lowest BCUT2D eigenvalue weighted by Gasteiger charge is -2.30. The molecule has 0 aromatic heterocycles. The van der Waals surface area contributed by atoms with E-state index in [1.54, 1.807) is 0 Å². The fraction of sp³-hybridized carbons (Fsp3) is 0.368. The van der Waals surface area contributed by atoms with Gasteiger partial charge < -0.3 is 9.84 Å². The van der Waals surface area contributed by atoms with Gasteiger partial charge in [0.25, 0.3) is 0 Å². The van der Waals surface area contributed by atoms with Gasteiger partial charge in [-0.3, -0.25) is 0 Å². The second kappa shape index (κ2) is 5.19. The Morgan fingerprint density at radius 2 is 1.67 bits per heavy atom. The predicted octanol–water partition coefficient (Wildman–Crippen LogP) is 4.54. The van der Waals surface area contributed by atoms with Gasteiger partial charge in [-0.15, -0.1) is 0 Å². The minimum atomic E-state index is -0.456. The molecule has 0 amide bonds. The quantitative estimate of drug-likeness (QED) is 0.832. The van der Waals surface area contributed by atoms with Crippen LogP contribution in [0.1, 0.15) is 56.1 Å². The van der Waals surface area contributed by atoms with Gasteiger partial charge in [-0.05, 0) is 22.6 Å². The van der Waals surface area contributed by atoms with Gasteiger partial charge in [0.1, 0.15) is 11.9 Å². The summed E-state index contributed by atoms with van der Waals surface area (Å²) in [5.74, 6) is 0.793. The molecule has 0 fully saturated rings. The number of ether oxygens (including phenoxy) is 1. The van der Waals surface area contributed by atoms with Crippen LogP contribution in [0.3, 0.4) is 0 Å². The van der Waals surface area contributed by atoms with E-state index in [-0.39, 0.29) is 11.5 Å². The summed E-state index contributed by atoms with van der Waals surface area (Å²) >= 11 is 0. The Morgan fingerprint density at radius 3 is 2.33 bits per heavy atom. The first-order valence-corrected chi connectivity index (χ1v) is 7.49. The first-order chi connectivity index (χ1) is 9.95. The second-order valence-corrected chi connectivity index (χ2v) is 6.77. The molecule has 1 heterocycles. The molecule has 1 N–H and O–H groups in total. The van der Waals surface area contributed by atoms with E-state index in [0.29, 0.717) is 6.42 Å². The Labute approximate surface area is 126 Å². The number of fused-ring (bicyclic) bond motifs is 1. The molecule has 2 aromatic carbocycles. The van der Waals surface area contributed by atoms with Crippen LogP contribution in [0.25, 0.3) is 0 Å². The number of aliphatic hydroxyl groups excluding tert-OH is 1. The summed E-state index contributed by atoms with van der Waals surface area (Å²) in [6.45, 7) is 6.62. The summed E-state index contributed by atoms with van der Waals surface area (Å²) in [6, 6.07) is 16.3. The molecule has 0 saturated carbocycles. The summed E-state index contributed by atoms with van der Waals surface area (Å²) in [4.78, 5) is 0. The number of rotatable bonds is 1. The lowest BCUT2D eigenvalue weighted by Crippen LogP contribution is -2.19. The van der Waals surface area contributed by atoms with Crippen molar-refractivity contribution in [2.24, 2.45) is 0 Å². The molecule has 0 saturated heterocycles. The van der Waals surface area contributed by atoms with Crippen molar-refractivity contribution in [3.8, 4) is 5.75 Å². The molecule has 110 valence electrons. The normalized spacial score (nSPS) is 21.5. The van der Waals surface area contributed by atoms with Crippen LogP contribution in [0, 0.1) is 0 Å². The maximum atomic E-state index is 10.3. The van der Waals surface area contributed by atoms with Crippen LogP contribution in [-0.4, -0.2) is 5.11 Å². The van der Waals surface area contributed by atoms with Crippen LogP contribution in [-0.2, 0) is 5.41 Å². The fourth-order valence-corrected chi connectivity index (χ4v) is 2.80. The lowest BCUT2D eigenvalue weighted by molar-refractivity contribution is 0.0657. The Hall–Kier alpha value is -1.80. The Kier molecular flexibility index (Phi) is 3.50. The van der Waals surface area contributed by atoms with E-state index in [0.717, 1.165) is 16.9 Å². The standard InChI is InChI=1S/C19H22O2/c1-19(2,3)14-10-8-13(9-11-14)18-12-16(20)15-6-4-5-7-17(15)21-18/h4-11,16,18,20H,12H2,1-3H3. The number of hydrogen-bond donors (Lipinski definition) is 1. The van der Waals surface area contributed by atoms with Crippen LogP contribution in [0.4, 0.5) is 0 Å². The summed E-state index contributed by atoms with van der Waals surface area (Å²) < 4.78 is 6.05. The van der Waals surface area contributed by atoms with Crippen molar-refractivity contribution < 1.29 is 9.84 Å². The number of aliphatic hydroxyl groups is 1. The number of para-hydroxylation sites is 1. The molecule has 2 atom stereocenters. The van der Waals surface area contributed by atoms with Crippen LogP contribution in [0.2, 0.25) is 0 Å². The van der Waals surface area contributed by atoms with E-state index in [9.17, 15) is 5.11 Å². The molecule has 2 aromatic rings. The van der Waals surface area contributed by atoms with Crippen molar-refractivity contribution in [1.82, 2.24) is 0 Å². The second-order valence-electron chi connectivity index (χ2n) is 6.77. The van der Waals surface area contributed by atoms with Crippen LogP contribution in [0.5, 0.6) is 5.75 Å². The Balaban J connectivity index is 1.86. The van der Waals surface area contributed by atoms with Gasteiger partial charge in [0.15, 0.2) is 0 Å². The molecular weight excluding hydrogens is 260 g/mol. The molecule has 1 aliphatic rings. The molecule has 3 rings (SSSR count). The molecule has 0 aliphatic carbocycles. The molecule has 0 spiro atoms. The van der Waals surface area contributed by atoms with Crippen LogP contribution in [0.15, 0.2) is 48.5 Å². The fourth-order valence-electron chi connectivity index (χ4n) is 2.80. The van der Waals surface area contributed by atoms with Crippen molar-refractivity contribution >= 4 is 0 Å². The SMILES string of the molecule is CC(C)(C)c1ccc(C2CC(O)c3ccccc3O2)cc1. The highest BCUT2D eigenvalue weighted by Gasteiger charge is 2.27. The maximum absolute atomic E-state index is 10.3. The smallest absolute Gasteiger partial charge is 0.127 e. The first-order valence-electron chi connectivity index (χ1n) is 7.49. The topological polar surface area (TPSA) is 29.5 Å². The zero-order chi connectivity index (χ0) is 15.0. The van der Waals surface area contributed by atoms with Crippen LogP contribution < -0.4 is 4.74 Å². The van der Waals surface area contributed by atoms with E-state index < -0.39 is 6.10 Å². The largest absolute Gasteiger partial charge is 0.485 e. The molecule has 1 aliphatic heterocycles. The Morgan fingerprint density at radius 1 is 1.00 bits per heavy atom. The van der Waals surface area contributed by atoms with Crippen molar-refractivity contribution in [2.45, 2.75) is 44.8 Å². The van der Waals surface area contributed by atoms with Gasteiger partial charge in [0, 0.05) is 12.0 Å². The third-order valence-electron chi connectivity index (χ3n) is 4.13. The number of hydrogen-bond acceptors (Lipinski definition) is 2. The molecule has 2 nitrogen and oxygen atoms in total. The van der Waals surface area contributed by atoms with Crippen molar-refractivity contribution in [3.05, 3.63) is 65.2 Å². The average Bonchev–Trinajstić information content (AvgIpc) is 2.46. The van der Waals surface area contributed by atoms with Crippen molar-refractivity contribution in [1.29, 1.82) is 0 Å². The van der Waals surface area contributed by atoms with Crippen molar-refractivity contribution in [3.63, 3.8) is 0 Å². The van der Waals surface area contributed by atoms with Gasteiger partial charge in [-0.25, -0.2) is 0 Å². The summed E-state index contributed by atoms with van der Waals surface area (Å²) in [7, 11) is 0. The van der Waals surface area contributed by atoms with Crippen molar-refractivity contribution in [2.75, 3.05) is 0 Å². The first kappa shape index (κ1) is 14.2. The molecular formula is C19H22O2. The zero-order valence-electron chi connectivity index (χ0n) is 12.8. The molecule has 2 unspecified atom stereocenters. The monoisotopic (exact) mass is 282 g/mol. The zero-order valence-corrected chi connectivity index (χ0v) is 12.8. The highest BCUT2D eigenvalue weighted by Crippen LogP contribution is 2.40. The van der Waals surface area contributed by atoms with E-state index >= 15 is 0 Å². The minimum absolute atomic E-state index is 0.0797. The molecule has 2 heteroatoms. The average molecular weight is 282 g/mol. The highest BCUT2D eigenvalue weighted by molar-refractivity contribution is 5.39. The van der Waals surface area contributed by atoms with E-state index in [1.807, 2.05) is 24.3 Å². The molecule has 0 radical (unpaired) electrons. The third kappa shape index (κ3) is 2.81. The lowest BCUT2D eigenvalue weighted by atomic mass is 9.86. The summed E-state index contributed by atoms with van der Waals surface area (Å²) in [5.41, 5.74) is 3.47. The van der Waals surface area contributed by atoms with Gasteiger partial charge in [0.2, 0.25) is 0 Å². The van der Waals surface area contributed by atoms with E-state index in [1.165, 1.54) is 5.56 Å². The minimum Gasteiger partial charge on any atom is -0.485 e. The molecule has 21 heavy (non-hydrogen) atoms. The van der Waals surface area contributed by atoms with E-state index in [4.69, 9.17) is 4.74 Å². The third-order valence-corrected chi connectivity index (χ3v) is 4.13. The summed E-state index contributed by atoms with van der Waals surface area (Å²) in [6.07, 6.45) is 0.0671. The highest BCUT2D eigenvalue weighted by atomic mass is 16.5.